The minimum Gasteiger partial charge on any atom is -0.383 e. The maximum absolute atomic E-state index is 12.1. The number of nitrogens with zero attached hydrogens (tertiary/aromatic N) is 2. The van der Waals surface area contributed by atoms with Crippen molar-refractivity contribution in [3.63, 3.8) is 0 Å². The number of nitrogens with one attached hydrogen (secondary N) is 1. The highest BCUT2D eigenvalue weighted by molar-refractivity contribution is 7.86. The summed E-state index contributed by atoms with van der Waals surface area (Å²) in [5.74, 6) is 0. The average molecular weight is 288 g/mol. The summed E-state index contributed by atoms with van der Waals surface area (Å²) in [6.45, 7) is 4.55. The van der Waals surface area contributed by atoms with Gasteiger partial charge in [0.05, 0.1) is 6.61 Å². The third-order valence-electron chi connectivity index (χ3n) is 2.66. The first-order chi connectivity index (χ1) is 7.48. The fourth-order valence-corrected chi connectivity index (χ4v) is 3.07. The minimum absolute atomic E-state index is 0. The topological polar surface area (TPSA) is 61.9 Å². The van der Waals surface area contributed by atoms with Gasteiger partial charge in [-0.1, -0.05) is 0 Å². The molecule has 0 aliphatic carbocycles. The Kier molecular flexibility index (Phi) is 7.54. The van der Waals surface area contributed by atoms with Gasteiger partial charge in [-0.3, -0.25) is 0 Å². The van der Waals surface area contributed by atoms with E-state index in [1.54, 1.807) is 14.2 Å². The first-order valence-electron chi connectivity index (χ1n) is 5.42. The molecule has 1 unspecified atom stereocenters. The fraction of sp³-hybridized carbons (Fsp3) is 1.00. The van der Waals surface area contributed by atoms with E-state index >= 15 is 0 Å². The normalized spacial score (nSPS) is 22.5. The van der Waals surface area contributed by atoms with Crippen molar-refractivity contribution in [3.8, 4) is 0 Å². The molecule has 0 radical (unpaired) electrons. The predicted molar refractivity (Wildman–Crippen MR) is 69.7 cm³/mol. The zero-order chi connectivity index (χ0) is 12.2. The molecule has 1 rings (SSSR count). The van der Waals surface area contributed by atoms with Crippen molar-refractivity contribution in [1.29, 1.82) is 0 Å². The molecule has 1 saturated heterocycles. The molecule has 104 valence electrons. The van der Waals surface area contributed by atoms with Gasteiger partial charge in [0.1, 0.15) is 0 Å². The van der Waals surface area contributed by atoms with Crippen LogP contribution in [0.2, 0.25) is 0 Å². The maximum atomic E-state index is 12.1. The van der Waals surface area contributed by atoms with Crippen molar-refractivity contribution in [1.82, 2.24) is 13.9 Å². The smallest absolute Gasteiger partial charge is 0.281 e. The van der Waals surface area contributed by atoms with Gasteiger partial charge < -0.3 is 10.1 Å². The maximum Gasteiger partial charge on any atom is 0.281 e. The number of likely N-dealkylation sites (N-methyl/N-ethyl adjacent to an activating group) is 1. The molecule has 0 saturated carbocycles. The van der Waals surface area contributed by atoms with Gasteiger partial charge in [-0.2, -0.15) is 17.0 Å². The van der Waals surface area contributed by atoms with Crippen LogP contribution in [-0.2, 0) is 14.9 Å². The summed E-state index contributed by atoms with van der Waals surface area (Å²) < 4.78 is 31.9. The SMILES string of the molecule is COCCN(C)S(=O)(=O)N1CCNC(C)C1.Cl. The predicted octanol–water partition coefficient (Wildman–Crippen LogP) is -0.475. The van der Waals surface area contributed by atoms with Gasteiger partial charge in [0.25, 0.3) is 10.2 Å². The van der Waals surface area contributed by atoms with Crippen LogP contribution in [0.25, 0.3) is 0 Å². The molecule has 1 heterocycles. The lowest BCUT2D eigenvalue weighted by Gasteiger charge is -2.33. The molecule has 17 heavy (non-hydrogen) atoms. The van der Waals surface area contributed by atoms with Crippen molar-refractivity contribution < 1.29 is 13.2 Å². The quantitative estimate of drug-likeness (QED) is 0.742. The van der Waals surface area contributed by atoms with E-state index in [4.69, 9.17) is 4.74 Å². The molecule has 8 heteroatoms. The third kappa shape index (κ3) is 4.69. The second-order valence-electron chi connectivity index (χ2n) is 4.04. The number of rotatable bonds is 5. The van der Waals surface area contributed by atoms with Gasteiger partial charge in [-0.15, -0.1) is 12.4 Å². The van der Waals surface area contributed by atoms with Gasteiger partial charge >= 0.3 is 0 Å². The van der Waals surface area contributed by atoms with Crippen molar-refractivity contribution in [2.75, 3.05) is 46.9 Å². The zero-order valence-electron chi connectivity index (χ0n) is 10.5. The van der Waals surface area contributed by atoms with Gasteiger partial charge in [-0.25, -0.2) is 0 Å². The molecule has 0 spiro atoms. The monoisotopic (exact) mass is 287 g/mol. The summed E-state index contributed by atoms with van der Waals surface area (Å²) in [6.07, 6.45) is 0. The molecule has 0 aromatic rings. The molecule has 1 N–H and O–H groups in total. The standard InChI is InChI=1S/C9H21N3O3S.ClH/c1-9-8-12(5-4-10-9)16(13,14)11(2)6-7-15-3;/h9-10H,4-8H2,1-3H3;1H. The second kappa shape index (κ2) is 7.50. The fourth-order valence-electron chi connectivity index (χ4n) is 1.64. The van der Waals surface area contributed by atoms with Crippen molar-refractivity contribution in [3.05, 3.63) is 0 Å². The summed E-state index contributed by atoms with van der Waals surface area (Å²) in [7, 11) is -0.173. The van der Waals surface area contributed by atoms with E-state index in [0.717, 1.165) is 0 Å². The highest BCUT2D eigenvalue weighted by Gasteiger charge is 2.29. The molecule has 0 amide bonds. The summed E-state index contributed by atoms with van der Waals surface area (Å²) in [5, 5.41) is 3.22. The van der Waals surface area contributed by atoms with Crippen molar-refractivity contribution in [2.24, 2.45) is 0 Å². The Bertz CT molecular complexity index is 313. The summed E-state index contributed by atoms with van der Waals surface area (Å²) in [5.41, 5.74) is 0. The molecule has 0 aromatic carbocycles. The molecule has 0 aromatic heterocycles. The first-order valence-corrected chi connectivity index (χ1v) is 6.82. The van der Waals surface area contributed by atoms with Gasteiger partial charge in [0.15, 0.2) is 0 Å². The Morgan fingerprint density at radius 3 is 2.71 bits per heavy atom. The van der Waals surface area contributed by atoms with Crippen LogP contribution in [-0.4, -0.2) is 70.0 Å². The zero-order valence-corrected chi connectivity index (χ0v) is 12.2. The molecular weight excluding hydrogens is 266 g/mol. The van der Waals surface area contributed by atoms with Crippen LogP contribution in [0.1, 0.15) is 6.92 Å². The number of hydrogen-bond donors (Lipinski definition) is 1. The number of hydrogen-bond acceptors (Lipinski definition) is 4. The highest BCUT2D eigenvalue weighted by atomic mass is 35.5. The molecular formula is C9H22ClN3O3S. The molecule has 1 aliphatic heterocycles. The van der Waals surface area contributed by atoms with Crippen LogP contribution in [0.3, 0.4) is 0 Å². The van der Waals surface area contributed by atoms with Gasteiger partial charge in [0, 0.05) is 46.4 Å². The number of ether oxygens (including phenoxy) is 1. The Labute approximate surface area is 110 Å². The largest absolute Gasteiger partial charge is 0.383 e. The minimum atomic E-state index is -3.32. The van der Waals surface area contributed by atoms with Gasteiger partial charge in [0.2, 0.25) is 0 Å². The third-order valence-corrected chi connectivity index (χ3v) is 4.62. The van der Waals surface area contributed by atoms with E-state index in [-0.39, 0.29) is 18.4 Å². The second-order valence-corrected chi connectivity index (χ2v) is 6.07. The lowest BCUT2D eigenvalue weighted by Crippen LogP contribution is -2.54. The van der Waals surface area contributed by atoms with E-state index in [1.807, 2.05) is 6.92 Å². The summed E-state index contributed by atoms with van der Waals surface area (Å²) >= 11 is 0. The van der Waals surface area contributed by atoms with E-state index in [2.05, 4.69) is 5.32 Å². The Morgan fingerprint density at radius 2 is 2.18 bits per heavy atom. The van der Waals surface area contributed by atoms with Crippen LogP contribution in [0.5, 0.6) is 0 Å². The summed E-state index contributed by atoms with van der Waals surface area (Å²) in [6, 6.07) is 0.208. The average Bonchev–Trinajstić information content (AvgIpc) is 2.25. The number of halogens is 1. The van der Waals surface area contributed by atoms with Gasteiger partial charge in [-0.05, 0) is 6.92 Å². The molecule has 1 atom stereocenters. The van der Waals surface area contributed by atoms with Crippen LogP contribution < -0.4 is 5.32 Å². The van der Waals surface area contributed by atoms with Crippen LogP contribution >= 0.6 is 12.4 Å². The van der Waals surface area contributed by atoms with Crippen molar-refractivity contribution >= 4 is 22.6 Å². The number of piperazine rings is 1. The lowest BCUT2D eigenvalue weighted by molar-refractivity contribution is 0.181. The van der Waals surface area contributed by atoms with E-state index in [9.17, 15) is 8.42 Å². The van der Waals surface area contributed by atoms with E-state index in [1.165, 1.54) is 8.61 Å². The van der Waals surface area contributed by atoms with Crippen molar-refractivity contribution in [2.45, 2.75) is 13.0 Å². The van der Waals surface area contributed by atoms with E-state index < -0.39 is 10.2 Å². The number of methoxy groups -OCH3 is 1. The molecule has 1 fully saturated rings. The molecule has 0 bridgehead atoms. The Hall–Kier alpha value is 0.0800. The molecule has 1 aliphatic rings. The van der Waals surface area contributed by atoms with Crippen LogP contribution in [0.15, 0.2) is 0 Å². The molecule has 6 nitrogen and oxygen atoms in total. The lowest BCUT2D eigenvalue weighted by atomic mass is 10.3. The first kappa shape index (κ1) is 17.1. The van der Waals surface area contributed by atoms with Crippen LogP contribution in [0.4, 0.5) is 0 Å². The Morgan fingerprint density at radius 1 is 1.53 bits per heavy atom. The van der Waals surface area contributed by atoms with E-state index in [0.29, 0.717) is 32.8 Å². The Balaban J connectivity index is 0.00000256. The van der Waals surface area contributed by atoms with Crippen LogP contribution in [0, 0.1) is 0 Å². The highest BCUT2D eigenvalue weighted by Crippen LogP contribution is 2.09. The summed E-state index contributed by atoms with van der Waals surface area (Å²) in [4.78, 5) is 0.